The van der Waals surface area contributed by atoms with Gasteiger partial charge in [-0.15, -0.1) is 0 Å². The van der Waals surface area contributed by atoms with Gasteiger partial charge in [-0.25, -0.2) is 0 Å². The molecule has 0 radical (unpaired) electrons. The van der Waals surface area contributed by atoms with Crippen LogP contribution in [0.25, 0.3) is 0 Å². The molecule has 0 spiro atoms. The highest BCUT2D eigenvalue weighted by molar-refractivity contribution is 14.1. The molecule has 1 N–H and O–H groups in total. The predicted molar refractivity (Wildman–Crippen MR) is 177 cm³/mol. The number of carbonyl (C=O) groups is 4. The fraction of sp³-hybridized carbons (Fsp3) is 0.529. The van der Waals surface area contributed by atoms with E-state index in [-0.39, 0.29) is 13.2 Å². The highest BCUT2D eigenvalue weighted by Gasteiger charge is 2.56. The van der Waals surface area contributed by atoms with Gasteiger partial charge in [-0.1, -0.05) is 83.3 Å². The first-order chi connectivity index (χ1) is 23.5. The van der Waals surface area contributed by atoms with Crippen molar-refractivity contribution in [2.45, 2.75) is 102 Å². The number of hydrogen-bond donors (Lipinski definition) is 1. The largest absolute Gasteiger partial charge is 0.463 e. The lowest BCUT2D eigenvalue weighted by molar-refractivity contribution is -0.359. The lowest BCUT2D eigenvalue weighted by Crippen LogP contribution is -2.66. The molecule has 2 aliphatic rings. The van der Waals surface area contributed by atoms with Crippen molar-refractivity contribution in [1.82, 2.24) is 0 Å². The first-order valence-corrected chi connectivity index (χ1v) is 17.2. The number of benzene rings is 2. The zero-order chi connectivity index (χ0) is 35.5. The lowest BCUT2D eigenvalue weighted by atomic mass is 9.96. The van der Waals surface area contributed by atoms with Gasteiger partial charge in [-0.2, -0.15) is 0 Å². The van der Waals surface area contributed by atoms with Gasteiger partial charge in [-0.3, -0.25) is 19.2 Å². The number of aliphatic hydroxyl groups excluding tert-OH is 1. The Kier molecular flexibility index (Phi) is 14.7. The van der Waals surface area contributed by atoms with Gasteiger partial charge >= 0.3 is 23.9 Å². The standard InChI is InChI=1S/C34H41IO14/c1-19(36)41-18-26-28(44-20(2)37)30(45-21(3)38)32(46-22(4)39)34(48-26)49-27-25(15-35)47-33(40)31(43-17-24-13-9-6-10-14-24)29(27)42-16-23-11-7-5-8-12-23/h5-14,25-34,40H,15-18H2,1-4H3/t25-,26-,27-,28+,29+,30+,31-,32-,33+,34+/m1/s1. The molecule has 2 aromatic rings. The van der Waals surface area contributed by atoms with Crippen LogP contribution in [0, 0.1) is 0 Å². The number of halogens is 1. The summed E-state index contributed by atoms with van der Waals surface area (Å²) < 4.78 is 53.6. The fourth-order valence-electron chi connectivity index (χ4n) is 5.54. The van der Waals surface area contributed by atoms with E-state index < -0.39 is 91.9 Å². The second-order valence-electron chi connectivity index (χ2n) is 11.4. The summed E-state index contributed by atoms with van der Waals surface area (Å²) in [7, 11) is 0. The van der Waals surface area contributed by atoms with Crippen LogP contribution in [0.1, 0.15) is 38.8 Å². The van der Waals surface area contributed by atoms with Gasteiger partial charge in [0.25, 0.3) is 0 Å². The van der Waals surface area contributed by atoms with Crippen LogP contribution in [0.3, 0.4) is 0 Å². The van der Waals surface area contributed by atoms with Gasteiger partial charge < -0.3 is 47.7 Å². The molecule has 0 unspecified atom stereocenters. The third-order valence-electron chi connectivity index (χ3n) is 7.57. The molecule has 14 nitrogen and oxygen atoms in total. The topological polar surface area (TPSA) is 172 Å². The van der Waals surface area contributed by atoms with Gasteiger partial charge in [0.05, 0.1) is 19.3 Å². The molecule has 0 aromatic heterocycles. The van der Waals surface area contributed by atoms with E-state index >= 15 is 0 Å². The van der Waals surface area contributed by atoms with Crippen molar-refractivity contribution >= 4 is 46.5 Å². The molecule has 2 fully saturated rings. The summed E-state index contributed by atoms with van der Waals surface area (Å²) in [6, 6.07) is 18.7. The van der Waals surface area contributed by atoms with E-state index in [1.165, 1.54) is 6.92 Å². The highest BCUT2D eigenvalue weighted by Crippen LogP contribution is 2.35. The first kappa shape index (κ1) is 38.6. The third-order valence-corrected chi connectivity index (χ3v) is 8.44. The molecule has 49 heavy (non-hydrogen) atoms. The van der Waals surface area contributed by atoms with Gasteiger partial charge in [0.2, 0.25) is 0 Å². The van der Waals surface area contributed by atoms with Crippen LogP contribution in [-0.2, 0) is 75.0 Å². The fourth-order valence-corrected chi connectivity index (χ4v) is 6.25. The molecule has 0 bridgehead atoms. The Hall–Kier alpha value is -3.19. The molecule has 268 valence electrons. The Labute approximate surface area is 297 Å². The van der Waals surface area contributed by atoms with Crippen molar-refractivity contribution in [2.75, 3.05) is 11.0 Å². The Morgan fingerprint density at radius 2 is 1.14 bits per heavy atom. The zero-order valence-electron chi connectivity index (χ0n) is 27.5. The first-order valence-electron chi connectivity index (χ1n) is 15.6. The summed E-state index contributed by atoms with van der Waals surface area (Å²) in [4.78, 5) is 48.7. The maximum Gasteiger partial charge on any atom is 0.303 e. The maximum atomic E-state index is 12.4. The van der Waals surface area contributed by atoms with Crippen molar-refractivity contribution in [3.63, 3.8) is 0 Å². The minimum atomic E-state index is -1.51. The smallest absolute Gasteiger partial charge is 0.303 e. The number of esters is 4. The van der Waals surface area contributed by atoms with Crippen molar-refractivity contribution in [1.29, 1.82) is 0 Å². The predicted octanol–water partition coefficient (Wildman–Crippen LogP) is 2.78. The molecule has 0 aliphatic carbocycles. The minimum absolute atomic E-state index is 0.107. The Morgan fingerprint density at radius 1 is 0.633 bits per heavy atom. The molecule has 15 heteroatoms. The monoisotopic (exact) mass is 800 g/mol. The molecule has 2 aromatic carbocycles. The molecule has 2 aliphatic heterocycles. The SMILES string of the molecule is CC(=O)OC[C@H]1O[C@@H](O[C@H]2[C@H](OCc3ccccc3)[C@@H](OCc3ccccc3)[C@@H](O)O[C@@H]2CI)[C@H](OC(C)=O)[C@@H](OC(C)=O)[C@H]1OC(C)=O. The van der Waals surface area contributed by atoms with Crippen molar-refractivity contribution in [3.05, 3.63) is 71.8 Å². The van der Waals surface area contributed by atoms with E-state index in [2.05, 4.69) is 22.6 Å². The second-order valence-corrected chi connectivity index (χ2v) is 12.3. The molecular formula is C34H41IO14. The van der Waals surface area contributed by atoms with E-state index in [1.54, 1.807) is 0 Å². The normalized spacial score (nSPS) is 29.8. The molecule has 0 saturated carbocycles. The van der Waals surface area contributed by atoms with Gasteiger partial charge in [0.1, 0.15) is 31.0 Å². The quantitative estimate of drug-likeness (QED) is 0.128. The Balaban J connectivity index is 1.73. The zero-order valence-corrected chi connectivity index (χ0v) is 29.7. The third kappa shape index (κ3) is 11.2. The van der Waals surface area contributed by atoms with Crippen LogP contribution in [0.15, 0.2) is 60.7 Å². The number of hydrogen-bond acceptors (Lipinski definition) is 14. The van der Waals surface area contributed by atoms with Crippen molar-refractivity contribution in [2.24, 2.45) is 0 Å². The van der Waals surface area contributed by atoms with Crippen LogP contribution in [0.5, 0.6) is 0 Å². The molecule has 10 atom stereocenters. The molecule has 2 heterocycles. The number of ether oxygens (including phenoxy) is 9. The van der Waals surface area contributed by atoms with E-state index in [1.807, 2.05) is 60.7 Å². The number of aliphatic hydroxyl groups is 1. The Bertz CT molecular complexity index is 1380. The Morgan fingerprint density at radius 3 is 1.65 bits per heavy atom. The molecule has 0 amide bonds. The minimum Gasteiger partial charge on any atom is -0.463 e. The van der Waals surface area contributed by atoms with Gasteiger partial charge in [-0.05, 0) is 11.1 Å². The number of carbonyl (C=O) groups excluding carboxylic acids is 4. The number of rotatable bonds is 14. The molecule has 4 rings (SSSR count). The van der Waals surface area contributed by atoms with E-state index in [9.17, 15) is 24.3 Å². The van der Waals surface area contributed by atoms with Crippen LogP contribution >= 0.6 is 22.6 Å². The second kappa shape index (κ2) is 18.7. The van der Waals surface area contributed by atoms with Gasteiger partial charge in [0, 0.05) is 32.1 Å². The van der Waals surface area contributed by atoms with Gasteiger partial charge in [0.15, 0.2) is 30.9 Å². The summed E-state index contributed by atoms with van der Waals surface area (Å²) in [6.07, 6.45) is -12.3. The summed E-state index contributed by atoms with van der Waals surface area (Å²) in [6.45, 7) is 4.38. The average Bonchev–Trinajstić information content (AvgIpc) is 3.06. The summed E-state index contributed by atoms with van der Waals surface area (Å²) in [5.74, 6) is -2.96. The summed E-state index contributed by atoms with van der Waals surface area (Å²) in [5, 5.41) is 11.2. The molecular weight excluding hydrogens is 759 g/mol. The highest BCUT2D eigenvalue weighted by atomic mass is 127. The van der Waals surface area contributed by atoms with Crippen LogP contribution in [0.4, 0.5) is 0 Å². The summed E-state index contributed by atoms with van der Waals surface area (Å²) in [5.41, 5.74) is 1.67. The summed E-state index contributed by atoms with van der Waals surface area (Å²) >= 11 is 2.08. The number of alkyl halides is 1. The van der Waals surface area contributed by atoms with Crippen LogP contribution in [0.2, 0.25) is 0 Å². The van der Waals surface area contributed by atoms with E-state index in [0.717, 1.165) is 31.9 Å². The molecule has 2 saturated heterocycles. The van der Waals surface area contributed by atoms with E-state index in [0.29, 0.717) is 4.43 Å². The van der Waals surface area contributed by atoms with Crippen molar-refractivity contribution < 1.29 is 66.9 Å². The van der Waals surface area contributed by atoms with Crippen LogP contribution in [-0.4, -0.2) is 101 Å². The van der Waals surface area contributed by atoms with Crippen molar-refractivity contribution in [3.8, 4) is 0 Å². The van der Waals surface area contributed by atoms with Crippen LogP contribution < -0.4 is 0 Å². The lowest BCUT2D eigenvalue weighted by Gasteiger charge is -2.48. The maximum absolute atomic E-state index is 12.4. The average molecular weight is 801 g/mol. The van der Waals surface area contributed by atoms with E-state index in [4.69, 9.17) is 42.6 Å².